The van der Waals surface area contributed by atoms with E-state index in [4.69, 9.17) is 4.74 Å². The number of likely N-dealkylation sites (tertiary alicyclic amines) is 1. The molecule has 9 heteroatoms. The molecule has 5 rings (SSSR count). The number of fused-ring (bicyclic) bond motifs is 2. The third-order valence-corrected chi connectivity index (χ3v) is 6.89. The van der Waals surface area contributed by atoms with E-state index in [0.29, 0.717) is 34.7 Å². The van der Waals surface area contributed by atoms with Crippen LogP contribution in [-0.4, -0.2) is 47.2 Å². The predicted molar refractivity (Wildman–Crippen MR) is 124 cm³/mol. The first-order chi connectivity index (χ1) is 16.4. The van der Waals surface area contributed by atoms with Gasteiger partial charge in [0, 0.05) is 53.8 Å². The van der Waals surface area contributed by atoms with Crippen molar-refractivity contribution < 1.29 is 19.2 Å². The highest BCUT2D eigenvalue weighted by Crippen LogP contribution is 2.56. The molecule has 1 amide bonds. The van der Waals surface area contributed by atoms with Gasteiger partial charge in [-0.1, -0.05) is 12.1 Å². The molecular formula is C25H22N4O5. The van der Waals surface area contributed by atoms with E-state index in [2.05, 4.69) is 10.3 Å². The van der Waals surface area contributed by atoms with Crippen LogP contribution < -0.4 is 10.1 Å². The molecule has 1 fully saturated rings. The number of carbonyl (C=O) groups is 2. The monoisotopic (exact) mass is 458 g/mol. The molecule has 0 aliphatic carbocycles. The van der Waals surface area contributed by atoms with E-state index >= 15 is 0 Å². The number of likely N-dealkylation sites (N-methyl/N-ethyl adjacent to an activating group) is 1. The number of benzene rings is 2. The Labute approximate surface area is 195 Å². The van der Waals surface area contributed by atoms with Gasteiger partial charge in [0.25, 0.3) is 5.69 Å². The summed E-state index contributed by atoms with van der Waals surface area (Å²) >= 11 is 0. The van der Waals surface area contributed by atoms with Gasteiger partial charge in [0.15, 0.2) is 5.78 Å². The van der Waals surface area contributed by atoms with E-state index in [1.165, 1.54) is 18.3 Å². The number of anilines is 1. The Morgan fingerprint density at radius 3 is 2.76 bits per heavy atom. The van der Waals surface area contributed by atoms with E-state index in [9.17, 15) is 19.7 Å². The van der Waals surface area contributed by atoms with Crippen LogP contribution in [0.15, 0.2) is 67.0 Å². The topological polar surface area (TPSA) is 115 Å². The maximum atomic E-state index is 14.1. The highest BCUT2D eigenvalue weighted by atomic mass is 16.6. The van der Waals surface area contributed by atoms with Crippen molar-refractivity contribution in [2.75, 3.05) is 26.0 Å². The maximum Gasteiger partial charge on any atom is 0.269 e. The lowest BCUT2D eigenvalue weighted by Gasteiger charge is -2.35. The summed E-state index contributed by atoms with van der Waals surface area (Å²) in [5.41, 5.74) is 0.889. The van der Waals surface area contributed by atoms with E-state index in [-0.39, 0.29) is 17.4 Å². The first-order valence-electron chi connectivity index (χ1n) is 10.8. The van der Waals surface area contributed by atoms with Crippen molar-refractivity contribution in [1.29, 1.82) is 0 Å². The molecule has 0 radical (unpaired) electrons. The molecule has 1 aromatic heterocycles. The van der Waals surface area contributed by atoms with Crippen LogP contribution in [0.3, 0.4) is 0 Å². The van der Waals surface area contributed by atoms with Gasteiger partial charge in [-0.05, 0) is 42.9 Å². The number of nitro groups is 1. The van der Waals surface area contributed by atoms with Crippen LogP contribution in [0.4, 0.5) is 11.4 Å². The Kier molecular flexibility index (Phi) is 5.13. The van der Waals surface area contributed by atoms with Gasteiger partial charge in [-0.15, -0.1) is 0 Å². The smallest absolute Gasteiger partial charge is 0.269 e. The number of nitrogens with zero attached hydrogens (tertiary/aromatic N) is 3. The number of ketones is 1. The second-order valence-electron chi connectivity index (χ2n) is 8.55. The van der Waals surface area contributed by atoms with Crippen LogP contribution >= 0.6 is 0 Å². The number of amides is 1. The number of pyridine rings is 1. The Morgan fingerprint density at radius 1 is 1.24 bits per heavy atom. The van der Waals surface area contributed by atoms with Gasteiger partial charge >= 0.3 is 0 Å². The van der Waals surface area contributed by atoms with Crippen LogP contribution in [0.2, 0.25) is 0 Å². The van der Waals surface area contributed by atoms with Crippen molar-refractivity contribution in [3.05, 3.63) is 93.8 Å². The molecule has 172 valence electrons. The number of hydrogen-bond acceptors (Lipinski definition) is 7. The normalized spacial score (nSPS) is 23.5. The molecule has 0 bridgehead atoms. The van der Waals surface area contributed by atoms with Crippen LogP contribution in [0, 0.1) is 16.0 Å². The van der Waals surface area contributed by atoms with E-state index in [1.807, 2.05) is 4.90 Å². The maximum absolute atomic E-state index is 14.1. The first-order valence-corrected chi connectivity index (χ1v) is 10.8. The number of ether oxygens (including phenoxy) is 1. The summed E-state index contributed by atoms with van der Waals surface area (Å²) in [7, 11) is 3.34. The quantitative estimate of drug-likeness (QED) is 0.354. The minimum absolute atomic E-state index is 0.0633. The van der Waals surface area contributed by atoms with Crippen LogP contribution in [0.25, 0.3) is 0 Å². The molecule has 2 aliphatic heterocycles. The number of aromatic nitrogens is 1. The largest absolute Gasteiger partial charge is 0.497 e. The molecule has 1 saturated heterocycles. The summed E-state index contributed by atoms with van der Waals surface area (Å²) in [6.07, 6.45) is 3.06. The van der Waals surface area contributed by atoms with E-state index < -0.39 is 22.3 Å². The van der Waals surface area contributed by atoms with Crippen molar-refractivity contribution in [3.63, 3.8) is 0 Å². The first kappa shape index (κ1) is 21.7. The van der Waals surface area contributed by atoms with Crippen molar-refractivity contribution in [2.24, 2.45) is 5.92 Å². The second kappa shape index (κ2) is 8.03. The van der Waals surface area contributed by atoms with Crippen molar-refractivity contribution in [2.45, 2.75) is 11.5 Å². The van der Waals surface area contributed by atoms with Crippen molar-refractivity contribution in [1.82, 2.24) is 9.88 Å². The zero-order valence-electron chi connectivity index (χ0n) is 18.6. The van der Waals surface area contributed by atoms with Gasteiger partial charge in [-0.3, -0.25) is 29.6 Å². The minimum Gasteiger partial charge on any atom is -0.497 e. The average molecular weight is 458 g/mol. The van der Waals surface area contributed by atoms with Gasteiger partial charge < -0.3 is 10.1 Å². The summed E-state index contributed by atoms with van der Waals surface area (Å²) in [5.74, 6) is -1.32. The summed E-state index contributed by atoms with van der Waals surface area (Å²) in [4.78, 5) is 44.7. The van der Waals surface area contributed by atoms with Gasteiger partial charge in [0.2, 0.25) is 5.91 Å². The lowest BCUT2D eigenvalue weighted by atomic mass is 9.70. The lowest BCUT2D eigenvalue weighted by Crippen LogP contribution is -2.51. The molecule has 1 N–H and O–H groups in total. The summed E-state index contributed by atoms with van der Waals surface area (Å²) in [5, 5.41) is 14.4. The predicted octanol–water partition coefficient (Wildman–Crippen LogP) is 3.37. The number of nitrogens with one attached hydrogen (secondary N) is 1. The number of non-ortho nitro benzene ring substituents is 1. The minimum atomic E-state index is -1.31. The molecular weight excluding hydrogens is 436 g/mol. The molecule has 3 aromatic rings. The molecule has 2 aromatic carbocycles. The van der Waals surface area contributed by atoms with Gasteiger partial charge in [0.05, 0.1) is 18.0 Å². The van der Waals surface area contributed by atoms with Crippen molar-refractivity contribution in [3.8, 4) is 5.75 Å². The number of carbonyl (C=O) groups excluding carboxylic acids is 2. The lowest BCUT2D eigenvalue weighted by molar-refractivity contribution is -0.384. The van der Waals surface area contributed by atoms with Crippen LogP contribution in [0.1, 0.15) is 27.4 Å². The summed E-state index contributed by atoms with van der Waals surface area (Å²) in [6, 6.07) is 14.9. The molecule has 1 spiro atoms. The standard InChI is InChI=1S/C25H22N4O5/c1-28-14-19(15-5-3-7-17(11-15)29(32)33)22(23(30)16-6-4-10-26-13-16)25(28)20-12-18(34-2)8-9-21(20)27-24(25)31/h3-13,19,22H,14H2,1-2H3,(H,27,31). The second-order valence-corrected chi connectivity index (χ2v) is 8.55. The molecule has 3 atom stereocenters. The van der Waals surface area contributed by atoms with E-state index in [1.54, 1.807) is 62.8 Å². The molecule has 0 saturated carbocycles. The Hall–Kier alpha value is -4.11. The fraction of sp³-hybridized carbons (Fsp3) is 0.240. The molecule has 2 aliphatic rings. The van der Waals surface area contributed by atoms with Gasteiger partial charge in [-0.2, -0.15) is 0 Å². The Balaban J connectivity index is 1.74. The third kappa shape index (κ3) is 3.08. The number of methoxy groups -OCH3 is 1. The van der Waals surface area contributed by atoms with Gasteiger partial charge in [0.1, 0.15) is 11.3 Å². The van der Waals surface area contributed by atoms with Gasteiger partial charge in [-0.25, -0.2) is 0 Å². The third-order valence-electron chi connectivity index (χ3n) is 6.89. The van der Waals surface area contributed by atoms with Crippen LogP contribution in [-0.2, 0) is 10.3 Å². The van der Waals surface area contributed by atoms with Crippen molar-refractivity contribution >= 4 is 23.1 Å². The number of hydrogen-bond donors (Lipinski definition) is 1. The Morgan fingerprint density at radius 2 is 2.06 bits per heavy atom. The SMILES string of the molecule is COc1ccc2c(c1)C1(C(=O)N2)C(C(=O)c2cccnc2)C(c2cccc([N+](=O)[O-])c2)CN1C. The highest BCUT2D eigenvalue weighted by Gasteiger charge is 2.64. The number of nitro benzene ring substituents is 1. The molecule has 3 unspecified atom stereocenters. The fourth-order valence-corrected chi connectivity index (χ4v) is 5.40. The molecule has 34 heavy (non-hydrogen) atoms. The van der Waals surface area contributed by atoms with Crippen LogP contribution in [0.5, 0.6) is 5.75 Å². The molecule has 3 heterocycles. The highest BCUT2D eigenvalue weighted by molar-refractivity contribution is 6.12. The number of rotatable bonds is 5. The average Bonchev–Trinajstić information content (AvgIpc) is 3.33. The zero-order chi connectivity index (χ0) is 24.0. The summed E-state index contributed by atoms with van der Waals surface area (Å²) in [6.45, 7) is 0.349. The fourth-order valence-electron chi connectivity index (χ4n) is 5.40. The van der Waals surface area contributed by atoms with E-state index in [0.717, 1.165) is 0 Å². The Bertz CT molecular complexity index is 1310. The number of Topliss-reactive ketones (excluding diaryl/α,β-unsaturated/α-hetero) is 1. The molecule has 9 nitrogen and oxygen atoms in total. The summed E-state index contributed by atoms with van der Waals surface area (Å²) < 4.78 is 5.42. The zero-order valence-corrected chi connectivity index (χ0v) is 18.6.